The maximum Gasteiger partial charge on any atom is 0.213 e. The molecule has 0 unspecified atom stereocenters. The Morgan fingerprint density at radius 3 is 2.48 bits per heavy atom. The van der Waals surface area contributed by atoms with Gasteiger partial charge in [0.25, 0.3) is 0 Å². The van der Waals surface area contributed by atoms with Gasteiger partial charge in [-0.3, -0.25) is 4.79 Å². The molecule has 0 aliphatic rings. The van der Waals surface area contributed by atoms with E-state index in [1.807, 2.05) is 36.4 Å². The molecule has 2 aromatic carbocycles. The maximum atomic E-state index is 13.3. The highest BCUT2D eigenvalue weighted by Gasteiger charge is 2.05. The van der Waals surface area contributed by atoms with Crippen molar-refractivity contribution in [1.29, 1.82) is 0 Å². The lowest BCUT2D eigenvalue weighted by molar-refractivity contribution is 0.112. The van der Waals surface area contributed by atoms with E-state index in [1.54, 1.807) is 18.3 Å². The van der Waals surface area contributed by atoms with Crippen LogP contribution < -0.4 is 4.74 Å². The topological polar surface area (TPSA) is 39.2 Å². The van der Waals surface area contributed by atoms with Crippen LogP contribution in [0.15, 0.2) is 66.9 Å². The van der Waals surface area contributed by atoms with Crippen LogP contribution in [0.5, 0.6) is 5.88 Å². The van der Waals surface area contributed by atoms with Crippen LogP contribution in [0.2, 0.25) is 0 Å². The number of rotatable bonds is 5. The Morgan fingerprint density at radius 1 is 1.00 bits per heavy atom. The predicted molar refractivity (Wildman–Crippen MR) is 85.8 cm³/mol. The first-order valence-corrected chi connectivity index (χ1v) is 7.14. The van der Waals surface area contributed by atoms with E-state index in [1.165, 1.54) is 12.1 Å². The fraction of sp³-hybridized carbons (Fsp3) is 0.0526. The van der Waals surface area contributed by atoms with Crippen LogP contribution in [0.3, 0.4) is 0 Å². The molecule has 1 heterocycles. The van der Waals surface area contributed by atoms with Crippen molar-refractivity contribution in [3.63, 3.8) is 0 Å². The monoisotopic (exact) mass is 307 g/mol. The zero-order valence-corrected chi connectivity index (χ0v) is 12.3. The van der Waals surface area contributed by atoms with Gasteiger partial charge in [0.1, 0.15) is 12.4 Å². The predicted octanol–water partition coefficient (Wildman–Crippen LogP) is 4.28. The number of hydrogen-bond acceptors (Lipinski definition) is 3. The Bertz CT molecular complexity index is 801. The SMILES string of the molecule is O=Cc1cc(-c2ccc(OCc3ccccc3)nc2)ccc1F. The van der Waals surface area contributed by atoms with Gasteiger partial charge in [-0.1, -0.05) is 36.4 Å². The highest BCUT2D eigenvalue weighted by Crippen LogP contribution is 2.22. The van der Waals surface area contributed by atoms with E-state index in [0.717, 1.165) is 16.7 Å². The standard InChI is InChI=1S/C19H14FNO2/c20-18-8-6-15(10-17(18)12-22)16-7-9-19(21-11-16)23-13-14-4-2-1-3-5-14/h1-12H,13H2. The summed E-state index contributed by atoms with van der Waals surface area (Å²) in [7, 11) is 0. The van der Waals surface area contributed by atoms with Crippen molar-refractivity contribution in [2.45, 2.75) is 6.61 Å². The summed E-state index contributed by atoms with van der Waals surface area (Å²) in [5.41, 5.74) is 2.62. The van der Waals surface area contributed by atoms with Crippen molar-refractivity contribution in [3.05, 3.63) is 83.8 Å². The van der Waals surface area contributed by atoms with Crippen molar-refractivity contribution in [2.75, 3.05) is 0 Å². The third-order valence-corrected chi connectivity index (χ3v) is 3.42. The maximum absolute atomic E-state index is 13.3. The summed E-state index contributed by atoms with van der Waals surface area (Å²) < 4.78 is 19.0. The summed E-state index contributed by atoms with van der Waals surface area (Å²) in [6.07, 6.45) is 2.14. The molecular formula is C19H14FNO2. The summed E-state index contributed by atoms with van der Waals surface area (Å²) in [5.74, 6) is -0.0187. The molecule has 0 bridgehead atoms. The van der Waals surface area contributed by atoms with Crippen LogP contribution in [0.4, 0.5) is 4.39 Å². The lowest BCUT2D eigenvalue weighted by Crippen LogP contribution is -1.97. The van der Waals surface area contributed by atoms with E-state index in [9.17, 15) is 9.18 Å². The van der Waals surface area contributed by atoms with Gasteiger partial charge in [-0.05, 0) is 29.3 Å². The first kappa shape index (κ1) is 14.9. The van der Waals surface area contributed by atoms with Crippen molar-refractivity contribution >= 4 is 6.29 Å². The number of aromatic nitrogens is 1. The molecular weight excluding hydrogens is 293 g/mol. The molecule has 0 fully saturated rings. The number of benzene rings is 2. The number of pyridine rings is 1. The van der Waals surface area contributed by atoms with Gasteiger partial charge in [0.05, 0.1) is 5.56 Å². The highest BCUT2D eigenvalue weighted by atomic mass is 19.1. The van der Waals surface area contributed by atoms with Crippen LogP contribution >= 0.6 is 0 Å². The third kappa shape index (κ3) is 3.61. The Balaban J connectivity index is 1.73. The van der Waals surface area contributed by atoms with Crippen molar-refractivity contribution in [1.82, 2.24) is 4.98 Å². The number of halogens is 1. The lowest BCUT2D eigenvalue weighted by atomic mass is 10.1. The smallest absolute Gasteiger partial charge is 0.213 e. The van der Waals surface area contributed by atoms with E-state index in [0.29, 0.717) is 18.8 Å². The van der Waals surface area contributed by atoms with E-state index < -0.39 is 5.82 Å². The molecule has 4 heteroatoms. The van der Waals surface area contributed by atoms with Crippen LogP contribution in [-0.2, 0) is 6.61 Å². The van der Waals surface area contributed by atoms with Gasteiger partial charge < -0.3 is 4.74 Å². The number of aldehydes is 1. The number of hydrogen-bond donors (Lipinski definition) is 0. The van der Waals surface area contributed by atoms with E-state index in [-0.39, 0.29) is 5.56 Å². The second kappa shape index (κ2) is 6.83. The van der Waals surface area contributed by atoms with Crippen LogP contribution in [0, 0.1) is 5.82 Å². The Kier molecular flexibility index (Phi) is 4.43. The molecule has 0 aliphatic carbocycles. The number of nitrogens with zero attached hydrogens (tertiary/aromatic N) is 1. The van der Waals surface area contributed by atoms with Crippen molar-refractivity contribution in [2.24, 2.45) is 0 Å². The fourth-order valence-corrected chi connectivity index (χ4v) is 2.18. The molecule has 0 spiro atoms. The third-order valence-electron chi connectivity index (χ3n) is 3.42. The Labute approximate surface area is 133 Å². The largest absolute Gasteiger partial charge is 0.473 e. The molecule has 0 saturated heterocycles. The minimum Gasteiger partial charge on any atom is -0.473 e. The van der Waals surface area contributed by atoms with Gasteiger partial charge >= 0.3 is 0 Å². The molecule has 114 valence electrons. The van der Waals surface area contributed by atoms with E-state index in [2.05, 4.69) is 4.98 Å². The lowest BCUT2D eigenvalue weighted by Gasteiger charge is -2.07. The van der Waals surface area contributed by atoms with Gasteiger partial charge in [0.2, 0.25) is 5.88 Å². The molecule has 1 aromatic heterocycles. The summed E-state index contributed by atoms with van der Waals surface area (Å²) >= 11 is 0. The van der Waals surface area contributed by atoms with Gasteiger partial charge in [-0.15, -0.1) is 0 Å². The van der Waals surface area contributed by atoms with Crippen LogP contribution in [-0.4, -0.2) is 11.3 Å². The zero-order valence-electron chi connectivity index (χ0n) is 12.3. The summed E-state index contributed by atoms with van der Waals surface area (Å²) in [6.45, 7) is 0.443. The van der Waals surface area contributed by atoms with Gasteiger partial charge in [-0.25, -0.2) is 9.37 Å². The molecule has 3 aromatic rings. The van der Waals surface area contributed by atoms with Crippen LogP contribution in [0.25, 0.3) is 11.1 Å². The normalized spacial score (nSPS) is 10.3. The number of carbonyl (C=O) groups excluding carboxylic acids is 1. The van der Waals surface area contributed by atoms with Crippen molar-refractivity contribution < 1.29 is 13.9 Å². The summed E-state index contributed by atoms with van der Waals surface area (Å²) in [5, 5.41) is 0. The average molecular weight is 307 g/mol. The molecule has 0 aliphatic heterocycles. The molecule has 0 amide bonds. The second-order valence-corrected chi connectivity index (χ2v) is 5.01. The first-order chi connectivity index (χ1) is 11.3. The summed E-state index contributed by atoms with van der Waals surface area (Å²) in [6, 6.07) is 17.8. The Morgan fingerprint density at radius 2 is 1.78 bits per heavy atom. The second-order valence-electron chi connectivity index (χ2n) is 5.01. The molecule has 23 heavy (non-hydrogen) atoms. The molecule has 3 nitrogen and oxygen atoms in total. The van der Waals surface area contributed by atoms with E-state index in [4.69, 9.17) is 4.74 Å². The van der Waals surface area contributed by atoms with E-state index >= 15 is 0 Å². The average Bonchev–Trinajstić information content (AvgIpc) is 2.62. The Hall–Kier alpha value is -3.01. The molecule has 0 atom stereocenters. The first-order valence-electron chi connectivity index (χ1n) is 7.14. The molecule has 0 N–H and O–H groups in total. The quantitative estimate of drug-likeness (QED) is 0.660. The molecule has 0 radical (unpaired) electrons. The molecule has 0 saturated carbocycles. The van der Waals surface area contributed by atoms with Crippen LogP contribution in [0.1, 0.15) is 15.9 Å². The minimum absolute atomic E-state index is 0.0342. The van der Waals surface area contributed by atoms with Gasteiger partial charge in [0, 0.05) is 17.8 Å². The molecule has 3 rings (SSSR count). The fourth-order valence-electron chi connectivity index (χ4n) is 2.18. The highest BCUT2D eigenvalue weighted by molar-refractivity contribution is 5.79. The minimum atomic E-state index is -0.528. The zero-order chi connectivity index (χ0) is 16.1. The van der Waals surface area contributed by atoms with Gasteiger partial charge in [0.15, 0.2) is 6.29 Å². The number of ether oxygens (including phenoxy) is 1. The van der Waals surface area contributed by atoms with Gasteiger partial charge in [-0.2, -0.15) is 0 Å². The number of carbonyl (C=O) groups is 1. The van der Waals surface area contributed by atoms with Crippen molar-refractivity contribution in [3.8, 4) is 17.0 Å². The summed E-state index contributed by atoms with van der Waals surface area (Å²) in [4.78, 5) is 15.1.